The minimum atomic E-state index is -0.703. The minimum Gasteiger partial charge on any atom is -0.467 e. The number of hydrogen-bond donors (Lipinski definition) is 1. The van der Waals surface area contributed by atoms with Crippen LogP contribution in [-0.2, 0) is 9.53 Å². The molecule has 3 rings (SSSR count). The van der Waals surface area contributed by atoms with E-state index in [2.05, 4.69) is 5.32 Å². The standard InChI is InChI=1S/C18H16Cl2N2O3S/c1-25-17(23)15-10-26-16(13-7-2-3-8-14(13)20)22(15)18(24)21-12-6-4-5-11(19)9-12/h2-9,15-16H,10H2,1H3,(H,21,24). The Balaban J connectivity index is 1.92. The van der Waals surface area contributed by atoms with Gasteiger partial charge in [0.05, 0.1) is 7.11 Å². The number of nitrogens with zero attached hydrogens (tertiary/aromatic N) is 1. The summed E-state index contributed by atoms with van der Waals surface area (Å²) in [4.78, 5) is 26.6. The average molecular weight is 411 g/mol. The van der Waals surface area contributed by atoms with E-state index in [1.165, 1.54) is 23.8 Å². The Morgan fingerprint density at radius 3 is 2.65 bits per heavy atom. The fourth-order valence-electron chi connectivity index (χ4n) is 2.74. The minimum absolute atomic E-state index is 0.396. The van der Waals surface area contributed by atoms with Crippen LogP contribution < -0.4 is 5.32 Å². The van der Waals surface area contributed by atoms with Crippen LogP contribution in [0, 0.1) is 0 Å². The molecular formula is C18H16Cl2N2O3S. The van der Waals surface area contributed by atoms with Crippen LogP contribution in [0.25, 0.3) is 0 Å². The first-order valence-corrected chi connectivity index (χ1v) is 9.60. The second kappa shape index (κ2) is 8.20. The molecule has 1 aliphatic heterocycles. The number of rotatable bonds is 3. The molecule has 0 spiro atoms. The number of halogens is 2. The fourth-order valence-corrected chi connectivity index (χ4v) is 4.68. The Morgan fingerprint density at radius 2 is 1.96 bits per heavy atom. The molecule has 1 heterocycles. The zero-order chi connectivity index (χ0) is 18.7. The number of carbonyl (C=O) groups excluding carboxylic acids is 2. The Hall–Kier alpha value is -1.89. The van der Waals surface area contributed by atoms with Crippen molar-refractivity contribution in [1.29, 1.82) is 0 Å². The van der Waals surface area contributed by atoms with Crippen molar-refractivity contribution in [1.82, 2.24) is 4.90 Å². The third-order valence-corrected chi connectivity index (χ3v) is 5.84. The number of nitrogens with one attached hydrogen (secondary N) is 1. The Labute approximate surface area is 165 Å². The lowest BCUT2D eigenvalue weighted by molar-refractivity contribution is -0.144. The van der Waals surface area contributed by atoms with Crippen molar-refractivity contribution in [2.24, 2.45) is 0 Å². The molecule has 1 aliphatic rings. The molecule has 2 aromatic rings. The predicted octanol–water partition coefficient (Wildman–Crippen LogP) is 4.81. The van der Waals surface area contributed by atoms with Crippen LogP contribution in [0.4, 0.5) is 10.5 Å². The van der Waals surface area contributed by atoms with Crippen molar-refractivity contribution in [3.05, 3.63) is 64.1 Å². The van der Waals surface area contributed by atoms with Crippen molar-refractivity contribution in [3.8, 4) is 0 Å². The summed E-state index contributed by atoms with van der Waals surface area (Å²) in [7, 11) is 1.31. The van der Waals surface area contributed by atoms with E-state index in [0.29, 0.717) is 21.5 Å². The van der Waals surface area contributed by atoms with Gasteiger partial charge in [0.25, 0.3) is 0 Å². The van der Waals surface area contributed by atoms with Gasteiger partial charge in [0.1, 0.15) is 11.4 Å². The van der Waals surface area contributed by atoms with Crippen molar-refractivity contribution in [2.45, 2.75) is 11.4 Å². The van der Waals surface area contributed by atoms with Crippen molar-refractivity contribution < 1.29 is 14.3 Å². The van der Waals surface area contributed by atoms with Gasteiger partial charge in [0.2, 0.25) is 0 Å². The molecule has 0 bridgehead atoms. The van der Waals surface area contributed by atoms with Gasteiger partial charge in [-0.1, -0.05) is 47.5 Å². The number of anilines is 1. The van der Waals surface area contributed by atoms with Gasteiger partial charge < -0.3 is 10.1 Å². The normalized spacial score (nSPS) is 19.3. The van der Waals surface area contributed by atoms with Crippen LogP contribution in [0.1, 0.15) is 10.9 Å². The molecule has 0 radical (unpaired) electrons. The fraction of sp³-hybridized carbons (Fsp3) is 0.222. The second-order valence-electron chi connectivity index (χ2n) is 5.59. The van der Waals surface area contributed by atoms with E-state index in [-0.39, 0.29) is 0 Å². The van der Waals surface area contributed by atoms with Gasteiger partial charge in [0, 0.05) is 27.0 Å². The number of esters is 1. The number of thioether (sulfide) groups is 1. The number of hydrogen-bond acceptors (Lipinski definition) is 4. The van der Waals surface area contributed by atoms with E-state index >= 15 is 0 Å². The first kappa shape index (κ1) is 18.9. The quantitative estimate of drug-likeness (QED) is 0.737. The van der Waals surface area contributed by atoms with Crippen LogP contribution in [-0.4, -0.2) is 35.8 Å². The van der Waals surface area contributed by atoms with E-state index in [9.17, 15) is 9.59 Å². The van der Waals surface area contributed by atoms with E-state index < -0.39 is 23.4 Å². The summed E-state index contributed by atoms with van der Waals surface area (Å²) in [5, 5.41) is 3.44. The van der Waals surface area contributed by atoms with Crippen molar-refractivity contribution in [3.63, 3.8) is 0 Å². The Bertz CT molecular complexity index is 834. The molecule has 26 heavy (non-hydrogen) atoms. The molecule has 1 saturated heterocycles. The molecule has 8 heteroatoms. The summed E-state index contributed by atoms with van der Waals surface area (Å²) in [5.41, 5.74) is 1.31. The van der Waals surface area contributed by atoms with E-state index in [4.69, 9.17) is 27.9 Å². The van der Waals surface area contributed by atoms with Crippen LogP contribution in [0.3, 0.4) is 0 Å². The predicted molar refractivity (Wildman–Crippen MR) is 105 cm³/mol. The molecule has 1 N–H and O–H groups in total. The molecule has 0 aliphatic carbocycles. The lowest BCUT2D eigenvalue weighted by Crippen LogP contribution is -2.45. The lowest BCUT2D eigenvalue weighted by Gasteiger charge is -2.28. The van der Waals surface area contributed by atoms with Crippen molar-refractivity contribution in [2.75, 3.05) is 18.2 Å². The molecule has 0 aromatic heterocycles. The highest BCUT2D eigenvalue weighted by molar-refractivity contribution is 7.99. The van der Waals surface area contributed by atoms with Crippen LogP contribution in [0.5, 0.6) is 0 Å². The molecule has 2 atom stereocenters. The smallest absolute Gasteiger partial charge is 0.329 e. The number of urea groups is 1. The highest BCUT2D eigenvalue weighted by atomic mass is 35.5. The molecule has 0 saturated carbocycles. The van der Waals surface area contributed by atoms with Gasteiger partial charge in [-0.15, -0.1) is 11.8 Å². The summed E-state index contributed by atoms with van der Waals surface area (Å²) in [6.07, 6.45) is 0. The summed E-state index contributed by atoms with van der Waals surface area (Å²) in [6.45, 7) is 0. The zero-order valence-electron chi connectivity index (χ0n) is 13.8. The van der Waals surface area contributed by atoms with Crippen molar-refractivity contribution >= 4 is 52.7 Å². The maximum atomic E-state index is 13.0. The highest BCUT2D eigenvalue weighted by Crippen LogP contribution is 2.44. The van der Waals surface area contributed by atoms with E-state index in [1.54, 1.807) is 30.3 Å². The Kier molecular flexibility index (Phi) is 5.96. The zero-order valence-corrected chi connectivity index (χ0v) is 16.1. The van der Waals surface area contributed by atoms with Gasteiger partial charge >= 0.3 is 12.0 Å². The number of carbonyl (C=O) groups is 2. The third-order valence-electron chi connectivity index (χ3n) is 3.96. The number of methoxy groups -OCH3 is 1. The van der Waals surface area contributed by atoms with Crippen LogP contribution >= 0.6 is 35.0 Å². The monoisotopic (exact) mass is 410 g/mol. The lowest BCUT2D eigenvalue weighted by atomic mass is 10.2. The summed E-state index contributed by atoms with van der Waals surface area (Å²) < 4.78 is 4.87. The van der Waals surface area contributed by atoms with Gasteiger partial charge in [-0.25, -0.2) is 9.59 Å². The molecular weight excluding hydrogens is 395 g/mol. The number of benzene rings is 2. The van der Waals surface area contributed by atoms with Gasteiger partial charge in [-0.2, -0.15) is 0 Å². The topological polar surface area (TPSA) is 58.6 Å². The van der Waals surface area contributed by atoms with Crippen LogP contribution in [0.15, 0.2) is 48.5 Å². The Morgan fingerprint density at radius 1 is 1.19 bits per heavy atom. The summed E-state index contributed by atoms with van der Waals surface area (Å²) in [6, 6.07) is 13.0. The molecule has 5 nitrogen and oxygen atoms in total. The van der Waals surface area contributed by atoms with E-state index in [0.717, 1.165) is 5.56 Å². The third kappa shape index (κ3) is 3.92. The maximum absolute atomic E-state index is 13.0. The number of amides is 2. The molecule has 136 valence electrons. The second-order valence-corrected chi connectivity index (χ2v) is 7.55. The summed E-state index contributed by atoms with van der Waals surface area (Å²) in [5.74, 6) is -0.0424. The molecule has 2 amide bonds. The van der Waals surface area contributed by atoms with Crippen LogP contribution in [0.2, 0.25) is 10.0 Å². The van der Waals surface area contributed by atoms with Gasteiger partial charge in [-0.05, 0) is 24.3 Å². The molecule has 1 fully saturated rings. The largest absolute Gasteiger partial charge is 0.467 e. The maximum Gasteiger partial charge on any atom is 0.329 e. The molecule has 2 aromatic carbocycles. The highest BCUT2D eigenvalue weighted by Gasteiger charge is 2.43. The summed E-state index contributed by atoms with van der Waals surface area (Å²) >= 11 is 13.8. The van der Waals surface area contributed by atoms with Gasteiger partial charge in [0.15, 0.2) is 0 Å². The average Bonchev–Trinajstić information content (AvgIpc) is 3.06. The SMILES string of the molecule is COC(=O)C1CSC(c2ccccc2Cl)N1C(=O)Nc1cccc(Cl)c1. The first-order valence-electron chi connectivity index (χ1n) is 7.80. The van der Waals surface area contributed by atoms with Gasteiger partial charge in [-0.3, -0.25) is 4.90 Å². The first-order chi connectivity index (χ1) is 12.5. The van der Waals surface area contributed by atoms with E-state index in [1.807, 2.05) is 18.2 Å². The molecule has 2 unspecified atom stereocenters. The number of ether oxygens (including phenoxy) is 1.